The number of aldehydes is 1. The third-order valence-electron chi connectivity index (χ3n) is 1.25. The van der Waals surface area contributed by atoms with Crippen LogP contribution in [0.2, 0.25) is 0 Å². The summed E-state index contributed by atoms with van der Waals surface area (Å²) in [6.07, 6.45) is -2.25. The van der Waals surface area contributed by atoms with Crippen molar-refractivity contribution in [2.24, 2.45) is 0 Å². The van der Waals surface area contributed by atoms with E-state index in [4.69, 9.17) is 5.73 Å². The Morgan fingerprint density at radius 1 is 1.50 bits per heavy atom. The predicted molar refractivity (Wildman–Crippen MR) is 39.0 cm³/mol. The maximum atomic E-state index is 12.0. The second-order valence-corrected chi connectivity index (χ2v) is 2.17. The molecule has 3 nitrogen and oxygen atoms in total. The number of nitrogens with zero attached hydrogens (tertiary/aromatic N) is 1. The maximum Gasteiger partial charge on any atom is 0.280 e. The SMILES string of the molecule is Nc1cc(C=O)cc(C(F)F)n1. The van der Waals surface area contributed by atoms with Gasteiger partial charge in [0.2, 0.25) is 0 Å². The first kappa shape index (κ1) is 8.58. The lowest BCUT2D eigenvalue weighted by Crippen LogP contribution is -1.98. The molecule has 0 saturated carbocycles. The third-order valence-corrected chi connectivity index (χ3v) is 1.25. The number of rotatable bonds is 2. The lowest BCUT2D eigenvalue weighted by atomic mass is 10.2. The summed E-state index contributed by atoms with van der Waals surface area (Å²) in [5.41, 5.74) is 4.80. The van der Waals surface area contributed by atoms with Gasteiger partial charge in [0.25, 0.3) is 6.43 Å². The standard InChI is InChI=1S/C7H6F2N2O/c8-7(9)5-1-4(3-12)2-6(10)11-5/h1-3,7H,(H2,10,11). The average Bonchev–Trinajstić information content (AvgIpc) is 2.03. The molecule has 0 aliphatic heterocycles. The zero-order valence-electron chi connectivity index (χ0n) is 6.00. The number of anilines is 1. The molecular weight excluding hydrogens is 166 g/mol. The van der Waals surface area contributed by atoms with E-state index in [2.05, 4.69) is 4.98 Å². The van der Waals surface area contributed by atoms with Crippen LogP contribution in [0.15, 0.2) is 12.1 Å². The van der Waals surface area contributed by atoms with Crippen molar-refractivity contribution in [2.45, 2.75) is 6.43 Å². The topological polar surface area (TPSA) is 56.0 Å². The van der Waals surface area contributed by atoms with Gasteiger partial charge in [-0.3, -0.25) is 4.79 Å². The van der Waals surface area contributed by atoms with Crippen LogP contribution in [0.5, 0.6) is 0 Å². The van der Waals surface area contributed by atoms with Gasteiger partial charge in [0, 0.05) is 5.56 Å². The molecule has 1 aromatic heterocycles. The fourth-order valence-electron chi connectivity index (χ4n) is 0.777. The van der Waals surface area contributed by atoms with Crippen LogP contribution in [0.4, 0.5) is 14.6 Å². The van der Waals surface area contributed by atoms with Crippen molar-refractivity contribution < 1.29 is 13.6 Å². The number of hydrogen-bond acceptors (Lipinski definition) is 3. The van der Waals surface area contributed by atoms with Gasteiger partial charge in [-0.15, -0.1) is 0 Å². The van der Waals surface area contributed by atoms with Crippen molar-refractivity contribution in [3.63, 3.8) is 0 Å². The van der Waals surface area contributed by atoms with Crippen LogP contribution in [0, 0.1) is 0 Å². The highest BCUT2D eigenvalue weighted by atomic mass is 19.3. The molecule has 0 aliphatic rings. The molecule has 0 spiro atoms. The largest absolute Gasteiger partial charge is 0.384 e. The summed E-state index contributed by atoms with van der Waals surface area (Å²) >= 11 is 0. The summed E-state index contributed by atoms with van der Waals surface area (Å²) in [4.78, 5) is 13.6. The monoisotopic (exact) mass is 172 g/mol. The third kappa shape index (κ3) is 1.75. The van der Waals surface area contributed by atoms with Crippen LogP contribution in [0.1, 0.15) is 22.5 Å². The van der Waals surface area contributed by atoms with Gasteiger partial charge in [-0.2, -0.15) is 0 Å². The lowest BCUT2D eigenvalue weighted by molar-refractivity contribution is 0.112. The normalized spacial score (nSPS) is 10.2. The van der Waals surface area contributed by atoms with Gasteiger partial charge in [0.15, 0.2) is 0 Å². The zero-order valence-corrected chi connectivity index (χ0v) is 6.00. The fourth-order valence-corrected chi connectivity index (χ4v) is 0.777. The van der Waals surface area contributed by atoms with E-state index in [0.29, 0.717) is 6.29 Å². The van der Waals surface area contributed by atoms with Gasteiger partial charge in [0.05, 0.1) is 0 Å². The first-order chi connectivity index (χ1) is 5.63. The minimum Gasteiger partial charge on any atom is -0.384 e. The number of carbonyl (C=O) groups excluding carboxylic acids is 1. The van der Waals surface area contributed by atoms with Gasteiger partial charge in [-0.1, -0.05) is 0 Å². The molecule has 1 rings (SSSR count). The Kier molecular flexibility index (Phi) is 2.32. The van der Waals surface area contributed by atoms with Crippen LogP contribution < -0.4 is 5.73 Å². The van der Waals surface area contributed by atoms with E-state index in [-0.39, 0.29) is 11.4 Å². The maximum absolute atomic E-state index is 12.0. The van der Waals surface area contributed by atoms with Crippen LogP contribution in [0.3, 0.4) is 0 Å². The molecule has 1 heterocycles. The Morgan fingerprint density at radius 2 is 2.17 bits per heavy atom. The van der Waals surface area contributed by atoms with Gasteiger partial charge in [0.1, 0.15) is 17.8 Å². The fraction of sp³-hybridized carbons (Fsp3) is 0.143. The van der Waals surface area contributed by atoms with Crippen molar-refractivity contribution in [3.8, 4) is 0 Å². The van der Waals surface area contributed by atoms with E-state index in [1.807, 2.05) is 0 Å². The number of nitrogens with two attached hydrogens (primary N) is 1. The minimum absolute atomic E-state index is 0.0742. The van der Waals surface area contributed by atoms with E-state index in [1.165, 1.54) is 6.07 Å². The predicted octanol–water partition coefficient (Wildman–Crippen LogP) is 1.41. The molecule has 0 radical (unpaired) electrons. The highest BCUT2D eigenvalue weighted by Crippen LogP contribution is 2.18. The van der Waals surface area contributed by atoms with E-state index in [1.54, 1.807) is 0 Å². The Labute approximate surface area is 67.2 Å². The number of carbonyl (C=O) groups is 1. The molecule has 0 amide bonds. The first-order valence-electron chi connectivity index (χ1n) is 3.14. The van der Waals surface area contributed by atoms with Crippen molar-refractivity contribution in [1.29, 1.82) is 0 Å². The Morgan fingerprint density at radius 3 is 2.67 bits per heavy atom. The van der Waals surface area contributed by atoms with Crippen molar-refractivity contribution in [3.05, 3.63) is 23.4 Å². The number of pyridine rings is 1. The van der Waals surface area contributed by atoms with Crippen molar-refractivity contribution >= 4 is 12.1 Å². The highest BCUT2D eigenvalue weighted by Gasteiger charge is 2.10. The second kappa shape index (κ2) is 3.25. The molecular formula is C7H6F2N2O. The first-order valence-corrected chi connectivity index (χ1v) is 3.14. The second-order valence-electron chi connectivity index (χ2n) is 2.17. The summed E-state index contributed by atoms with van der Waals surface area (Å²) in [6, 6.07) is 2.24. The molecule has 0 bridgehead atoms. The van der Waals surface area contributed by atoms with Crippen molar-refractivity contribution in [2.75, 3.05) is 5.73 Å². The molecule has 0 aliphatic carbocycles. The number of hydrogen-bond donors (Lipinski definition) is 1. The summed E-state index contributed by atoms with van der Waals surface area (Å²) in [5, 5.41) is 0. The van der Waals surface area contributed by atoms with Crippen LogP contribution in [-0.2, 0) is 0 Å². The molecule has 64 valence electrons. The summed E-state index contributed by atoms with van der Waals surface area (Å²) in [5.74, 6) is -0.0742. The van der Waals surface area contributed by atoms with Crippen LogP contribution >= 0.6 is 0 Å². The van der Waals surface area contributed by atoms with Crippen molar-refractivity contribution in [1.82, 2.24) is 4.98 Å². The molecule has 0 aromatic carbocycles. The summed E-state index contributed by atoms with van der Waals surface area (Å²) in [6.45, 7) is 0. The number of aromatic nitrogens is 1. The smallest absolute Gasteiger partial charge is 0.280 e. The highest BCUT2D eigenvalue weighted by molar-refractivity contribution is 5.76. The summed E-state index contributed by atoms with van der Waals surface area (Å²) < 4.78 is 24.1. The van der Waals surface area contributed by atoms with E-state index in [0.717, 1.165) is 6.07 Å². The van der Waals surface area contributed by atoms with Gasteiger partial charge in [-0.05, 0) is 12.1 Å². The van der Waals surface area contributed by atoms with Crippen LogP contribution in [-0.4, -0.2) is 11.3 Å². The van der Waals surface area contributed by atoms with Crippen LogP contribution in [0.25, 0.3) is 0 Å². The van der Waals surface area contributed by atoms with Gasteiger partial charge < -0.3 is 5.73 Å². The Bertz CT molecular complexity index is 301. The Balaban J connectivity index is 3.14. The molecule has 5 heteroatoms. The molecule has 0 saturated heterocycles. The molecule has 12 heavy (non-hydrogen) atoms. The molecule has 1 aromatic rings. The molecule has 2 N–H and O–H groups in total. The number of halogens is 2. The van der Waals surface area contributed by atoms with E-state index in [9.17, 15) is 13.6 Å². The average molecular weight is 172 g/mol. The van der Waals surface area contributed by atoms with E-state index >= 15 is 0 Å². The lowest BCUT2D eigenvalue weighted by Gasteiger charge is -2.00. The number of nitrogen functional groups attached to an aromatic ring is 1. The number of alkyl halides is 2. The summed E-state index contributed by atoms with van der Waals surface area (Å²) in [7, 11) is 0. The molecule has 0 fully saturated rings. The quantitative estimate of drug-likeness (QED) is 0.686. The zero-order chi connectivity index (χ0) is 9.14. The van der Waals surface area contributed by atoms with E-state index < -0.39 is 12.1 Å². The molecule has 0 atom stereocenters. The van der Waals surface area contributed by atoms with Gasteiger partial charge >= 0.3 is 0 Å². The molecule has 0 unspecified atom stereocenters. The van der Waals surface area contributed by atoms with Gasteiger partial charge in [-0.25, -0.2) is 13.8 Å². The minimum atomic E-state index is -2.70. The Hall–Kier alpha value is -1.52.